The van der Waals surface area contributed by atoms with Crippen LogP contribution in [0.5, 0.6) is 0 Å². The van der Waals surface area contributed by atoms with Crippen molar-refractivity contribution < 1.29 is 0 Å². The third-order valence-electron chi connectivity index (χ3n) is 4.72. The molecular weight excluding hydrogens is 343 g/mol. The maximum absolute atomic E-state index is 2.49. The van der Waals surface area contributed by atoms with Crippen LogP contribution in [-0.4, -0.2) is 4.43 Å². The van der Waals surface area contributed by atoms with Crippen molar-refractivity contribution in [2.24, 2.45) is 5.92 Å². The Hall–Kier alpha value is 0.730. The quantitative estimate of drug-likeness (QED) is 0.190. The molecule has 1 aliphatic carbocycles. The first-order chi connectivity index (χ1) is 9.43. The average Bonchev–Trinajstić information content (AvgIpc) is 2.46. The maximum atomic E-state index is 2.49. The van der Waals surface area contributed by atoms with Crippen molar-refractivity contribution in [2.45, 2.75) is 103 Å². The van der Waals surface area contributed by atoms with Crippen LogP contribution >= 0.6 is 22.6 Å². The Bertz CT molecular complexity index is 173. The van der Waals surface area contributed by atoms with E-state index in [4.69, 9.17) is 0 Å². The molecule has 0 aliphatic heterocycles. The Morgan fingerprint density at radius 1 is 0.579 bits per heavy atom. The number of unbranched alkanes of at least 4 members (excludes halogenated alkanes) is 9. The number of alkyl halides is 1. The molecule has 1 fully saturated rings. The molecule has 0 radical (unpaired) electrons. The molecule has 0 amide bonds. The molecule has 0 spiro atoms. The van der Waals surface area contributed by atoms with E-state index >= 15 is 0 Å². The first kappa shape index (κ1) is 17.8. The van der Waals surface area contributed by atoms with Crippen molar-refractivity contribution in [3.8, 4) is 0 Å². The molecule has 0 nitrogen and oxygen atoms in total. The van der Waals surface area contributed by atoms with Crippen molar-refractivity contribution in [3.63, 3.8) is 0 Å². The summed E-state index contributed by atoms with van der Waals surface area (Å²) < 4.78 is 1.35. The van der Waals surface area contributed by atoms with Gasteiger partial charge in [-0.25, -0.2) is 0 Å². The van der Waals surface area contributed by atoms with Crippen LogP contribution in [0.15, 0.2) is 0 Å². The van der Waals surface area contributed by atoms with Crippen LogP contribution in [0.1, 0.15) is 103 Å². The van der Waals surface area contributed by atoms with Crippen LogP contribution in [-0.2, 0) is 0 Å². The maximum Gasteiger partial charge on any atom is -0.000473 e. The predicted molar refractivity (Wildman–Crippen MR) is 96.2 cm³/mol. The van der Waals surface area contributed by atoms with Gasteiger partial charge in [-0.3, -0.25) is 0 Å². The normalized spacial score (nSPS) is 16.9. The molecule has 19 heavy (non-hydrogen) atoms. The topological polar surface area (TPSA) is 0 Å². The summed E-state index contributed by atoms with van der Waals surface area (Å²) in [5, 5.41) is 0. The van der Waals surface area contributed by atoms with Crippen LogP contribution in [0, 0.1) is 5.92 Å². The van der Waals surface area contributed by atoms with Gasteiger partial charge >= 0.3 is 0 Å². The minimum atomic E-state index is 1.10. The lowest BCUT2D eigenvalue weighted by atomic mass is 9.85. The van der Waals surface area contributed by atoms with Gasteiger partial charge in [0.25, 0.3) is 0 Å². The van der Waals surface area contributed by atoms with E-state index in [1.807, 2.05) is 0 Å². The Kier molecular flexibility index (Phi) is 12.8. The van der Waals surface area contributed by atoms with Crippen molar-refractivity contribution in [1.82, 2.24) is 0 Å². The highest BCUT2D eigenvalue weighted by molar-refractivity contribution is 14.1. The molecule has 114 valence electrons. The summed E-state index contributed by atoms with van der Waals surface area (Å²) in [6, 6.07) is 0. The second-order valence-electron chi connectivity index (χ2n) is 6.52. The Morgan fingerprint density at radius 3 is 1.58 bits per heavy atom. The Labute approximate surface area is 135 Å². The van der Waals surface area contributed by atoms with Crippen LogP contribution in [0.2, 0.25) is 0 Å². The SMILES string of the molecule is ICCCCCCCCCCCCC1CCCCC1. The second-order valence-corrected chi connectivity index (χ2v) is 7.60. The van der Waals surface area contributed by atoms with Crippen LogP contribution in [0.3, 0.4) is 0 Å². The van der Waals surface area contributed by atoms with E-state index in [1.54, 1.807) is 0 Å². The molecule has 0 bridgehead atoms. The smallest absolute Gasteiger partial charge is 0.000473 e. The van der Waals surface area contributed by atoms with Gasteiger partial charge in [-0.2, -0.15) is 0 Å². The molecule has 0 aromatic carbocycles. The average molecular weight is 378 g/mol. The standard InChI is InChI=1S/C18H35I/c19-17-13-8-6-4-2-1-3-5-7-10-14-18-15-11-9-12-16-18/h18H,1-17H2. The zero-order valence-corrected chi connectivity index (χ0v) is 15.1. The molecule has 0 aromatic heterocycles. The van der Waals surface area contributed by atoms with E-state index in [1.165, 1.54) is 107 Å². The molecule has 1 saturated carbocycles. The summed E-state index contributed by atoms with van der Waals surface area (Å²) in [5.41, 5.74) is 0. The van der Waals surface area contributed by atoms with E-state index in [0.29, 0.717) is 0 Å². The summed E-state index contributed by atoms with van der Waals surface area (Å²) in [6.07, 6.45) is 24.0. The van der Waals surface area contributed by atoms with Gasteiger partial charge in [0, 0.05) is 0 Å². The molecule has 0 heterocycles. The molecule has 0 atom stereocenters. The fraction of sp³-hybridized carbons (Fsp3) is 1.00. The van der Waals surface area contributed by atoms with Crippen LogP contribution in [0.4, 0.5) is 0 Å². The molecule has 1 aliphatic rings. The highest BCUT2D eigenvalue weighted by atomic mass is 127. The minimum absolute atomic E-state index is 1.10. The van der Waals surface area contributed by atoms with Gasteiger partial charge in [0.05, 0.1) is 0 Å². The minimum Gasteiger partial charge on any atom is -0.0864 e. The first-order valence-corrected chi connectivity index (χ1v) is 10.5. The molecule has 1 heteroatoms. The largest absolute Gasteiger partial charge is 0.0864 e. The monoisotopic (exact) mass is 378 g/mol. The van der Waals surface area contributed by atoms with Gasteiger partial charge < -0.3 is 0 Å². The van der Waals surface area contributed by atoms with Gasteiger partial charge in [0.15, 0.2) is 0 Å². The van der Waals surface area contributed by atoms with E-state index in [0.717, 1.165) is 5.92 Å². The predicted octanol–water partition coefficient (Wildman–Crippen LogP) is 7.29. The van der Waals surface area contributed by atoms with Gasteiger partial charge in [0.2, 0.25) is 0 Å². The van der Waals surface area contributed by atoms with Crippen molar-refractivity contribution in [1.29, 1.82) is 0 Å². The van der Waals surface area contributed by atoms with Gasteiger partial charge in [-0.15, -0.1) is 0 Å². The van der Waals surface area contributed by atoms with E-state index in [9.17, 15) is 0 Å². The molecule has 0 aromatic rings. The highest BCUT2D eigenvalue weighted by Gasteiger charge is 2.12. The number of halogens is 1. The van der Waals surface area contributed by atoms with Crippen molar-refractivity contribution in [2.75, 3.05) is 4.43 Å². The summed E-state index contributed by atoms with van der Waals surface area (Å²) in [7, 11) is 0. The van der Waals surface area contributed by atoms with Gasteiger partial charge in [0.1, 0.15) is 0 Å². The molecule has 0 saturated heterocycles. The van der Waals surface area contributed by atoms with Gasteiger partial charge in [-0.1, -0.05) is 119 Å². The Balaban J connectivity index is 1.71. The lowest BCUT2D eigenvalue weighted by Crippen LogP contribution is -2.05. The van der Waals surface area contributed by atoms with E-state index in [2.05, 4.69) is 22.6 Å². The first-order valence-electron chi connectivity index (χ1n) is 8.99. The van der Waals surface area contributed by atoms with Crippen molar-refractivity contribution >= 4 is 22.6 Å². The van der Waals surface area contributed by atoms with Crippen molar-refractivity contribution in [3.05, 3.63) is 0 Å². The van der Waals surface area contributed by atoms with Crippen LogP contribution < -0.4 is 0 Å². The molecule has 1 rings (SSSR count). The highest BCUT2D eigenvalue weighted by Crippen LogP contribution is 2.28. The molecular formula is C18H35I. The molecule has 0 N–H and O–H groups in total. The number of rotatable bonds is 12. The third kappa shape index (κ3) is 11.1. The third-order valence-corrected chi connectivity index (χ3v) is 5.48. The summed E-state index contributed by atoms with van der Waals surface area (Å²) in [4.78, 5) is 0. The fourth-order valence-electron chi connectivity index (χ4n) is 3.42. The zero-order valence-electron chi connectivity index (χ0n) is 13.0. The lowest BCUT2D eigenvalue weighted by molar-refractivity contribution is 0.328. The number of hydrogen-bond acceptors (Lipinski definition) is 0. The summed E-state index contributed by atoms with van der Waals surface area (Å²) in [6.45, 7) is 0. The summed E-state index contributed by atoms with van der Waals surface area (Å²) in [5.74, 6) is 1.10. The number of hydrogen-bond donors (Lipinski definition) is 0. The van der Waals surface area contributed by atoms with E-state index in [-0.39, 0.29) is 0 Å². The van der Waals surface area contributed by atoms with E-state index < -0.39 is 0 Å². The summed E-state index contributed by atoms with van der Waals surface area (Å²) >= 11 is 2.49. The lowest BCUT2D eigenvalue weighted by Gasteiger charge is -2.21. The van der Waals surface area contributed by atoms with Gasteiger partial charge in [-0.05, 0) is 16.8 Å². The second kappa shape index (κ2) is 13.7. The molecule has 0 unspecified atom stereocenters. The zero-order chi connectivity index (χ0) is 13.6. The Morgan fingerprint density at radius 2 is 1.05 bits per heavy atom. The van der Waals surface area contributed by atoms with Crippen LogP contribution in [0.25, 0.3) is 0 Å². The fourth-order valence-corrected chi connectivity index (χ4v) is 3.96.